The summed E-state index contributed by atoms with van der Waals surface area (Å²) in [6, 6.07) is 0. The largest absolute Gasteiger partial charge is 0.389 e. The zero-order chi connectivity index (χ0) is 10.6. The summed E-state index contributed by atoms with van der Waals surface area (Å²) in [4.78, 5) is 0. The normalized spacial score (nSPS) is 29.5. The lowest BCUT2D eigenvalue weighted by Crippen LogP contribution is -2.20. The van der Waals surface area contributed by atoms with E-state index in [9.17, 15) is 5.11 Å². The summed E-state index contributed by atoms with van der Waals surface area (Å²) in [5, 5.41) is 9.38. The fraction of sp³-hybridized carbons (Fsp3) is 0.846. The van der Waals surface area contributed by atoms with Gasteiger partial charge < -0.3 is 5.11 Å². The first-order chi connectivity index (χ1) is 6.63. The molecule has 0 bridgehead atoms. The zero-order valence-corrected chi connectivity index (χ0v) is 9.74. The molecule has 1 aliphatic rings. The fourth-order valence-electron chi connectivity index (χ4n) is 2.47. The van der Waals surface area contributed by atoms with Crippen LogP contribution in [0.1, 0.15) is 46.5 Å². The van der Waals surface area contributed by atoms with Gasteiger partial charge in [-0.05, 0) is 37.0 Å². The van der Waals surface area contributed by atoms with Gasteiger partial charge in [0.25, 0.3) is 0 Å². The maximum Gasteiger partial charge on any atom is 0.0721 e. The van der Waals surface area contributed by atoms with Crippen LogP contribution < -0.4 is 0 Å². The summed E-state index contributed by atoms with van der Waals surface area (Å²) in [6.45, 7) is 6.88. The molecule has 1 rings (SSSR count). The molecule has 0 saturated carbocycles. The Labute approximate surface area is 88.2 Å². The molecule has 0 spiro atoms. The first-order valence-corrected chi connectivity index (χ1v) is 5.99. The van der Waals surface area contributed by atoms with E-state index in [1.54, 1.807) is 0 Å². The van der Waals surface area contributed by atoms with Crippen LogP contribution in [0, 0.1) is 17.8 Å². The van der Waals surface area contributed by atoms with Gasteiger partial charge in [0.15, 0.2) is 0 Å². The predicted octanol–water partition coefficient (Wildman–Crippen LogP) is 3.39. The lowest BCUT2D eigenvalue weighted by Gasteiger charge is -2.28. The molecule has 0 amide bonds. The summed E-state index contributed by atoms with van der Waals surface area (Å²) < 4.78 is 0. The van der Waals surface area contributed by atoms with Crippen molar-refractivity contribution in [3.05, 3.63) is 12.2 Å². The first kappa shape index (κ1) is 11.8. The van der Waals surface area contributed by atoms with E-state index in [4.69, 9.17) is 0 Å². The van der Waals surface area contributed by atoms with Crippen LogP contribution in [0.15, 0.2) is 12.2 Å². The standard InChI is InChI=1S/C13H24O/c1-4-11(9-10(2)3)12-5-7-13(14)8-6-12/h5,7,10-14H,4,6,8-9H2,1-3H3. The Morgan fingerprint density at radius 3 is 2.43 bits per heavy atom. The van der Waals surface area contributed by atoms with Crippen molar-refractivity contribution < 1.29 is 5.11 Å². The van der Waals surface area contributed by atoms with Crippen molar-refractivity contribution in [1.29, 1.82) is 0 Å². The molecule has 82 valence electrons. The van der Waals surface area contributed by atoms with Crippen LogP contribution in [0.4, 0.5) is 0 Å². The fourth-order valence-corrected chi connectivity index (χ4v) is 2.47. The molecule has 0 aromatic heterocycles. The molecule has 0 saturated heterocycles. The van der Waals surface area contributed by atoms with Crippen LogP contribution in [0.2, 0.25) is 0 Å². The Bertz CT molecular complexity index is 184. The van der Waals surface area contributed by atoms with Gasteiger partial charge in [-0.3, -0.25) is 0 Å². The van der Waals surface area contributed by atoms with E-state index in [-0.39, 0.29) is 6.10 Å². The summed E-state index contributed by atoms with van der Waals surface area (Å²) >= 11 is 0. The Hall–Kier alpha value is -0.300. The highest BCUT2D eigenvalue weighted by molar-refractivity contribution is 5.00. The van der Waals surface area contributed by atoms with Crippen molar-refractivity contribution in [3.8, 4) is 0 Å². The lowest BCUT2D eigenvalue weighted by molar-refractivity contribution is 0.178. The van der Waals surface area contributed by atoms with Gasteiger partial charge in [0.05, 0.1) is 6.10 Å². The van der Waals surface area contributed by atoms with Crippen molar-refractivity contribution in [2.24, 2.45) is 17.8 Å². The second-order valence-electron chi connectivity index (χ2n) is 4.99. The molecule has 0 aliphatic heterocycles. The van der Waals surface area contributed by atoms with E-state index >= 15 is 0 Å². The Morgan fingerprint density at radius 1 is 1.29 bits per heavy atom. The quantitative estimate of drug-likeness (QED) is 0.683. The molecule has 3 atom stereocenters. The molecule has 1 N–H and O–H groups in total. The van der Waals surface area contributed by atoms with Crippen LogP contribution in [0.25, 0.3) is 0 Å². The van der Waals surface area contributed by atoms with E-state index in [1.807, 2.05) is 6.08 Å². The number of allylic oxidation sites excluding steroid dienone is 1. The summed E-state index contributed by atoms with van der Waals surface area (Å²) in [5.74, 6) is 2.32. The maximum absolute atomic E-state index is 9.38. The third kappa shape index (κ3) is 3.45. The van der Waals surface area contributed by atoms with Gasteiger partial charge in [-0.25, -0.2) is 0 Å². The summed E-state index contributed by atoms with van der Waals surface area (Å²) in [7, 11) is 0. The number of hydrogen-bond donors (Lipinski definition) is 1. The number of aliphatic hydroxyl groups is 1. The zero-order valence-electron chi connectivity index (χ0n) is 9.74. The predicted molar refractivity (Wildman–Crippen MR) is 61.1 cm³/mol. The van der Waals surface area contributed by atoms with Crippen LogP contribution in [0.5, 0.6) is 0 Å². The van der Waals surface area contributed by atoms with Crippen LogP contribution in [-0.4, -0.2) is 11.2 Å². The van der Waals surface area contributed by atoms with Gasteiger partial charge in [0.2, 0.25) is 0 Å². The molecule has 3 unspecified atom stereocenters. The smallest absolute Gasteiger partial charge is 0.0721 e. The van der Waals surface area contributed by atoms with E-state index in [0.717, 1.165) is 18.3 Å². The van der Waals surface area contributed by atoms with Crippen LogP contribution in [0.3, 0.4) is 0 Å². The Morgan fingerprint density at radius 2 is 2.00 bits per heavy atom. The van der Waals surface area contributed by atoms with Gasteiger partial charge in [0.1, 0.15) is 0 Å². The second kappa shape index (κ2) is 5.55. The van der Waals surface area contributed by atoms with Crippen molar-refractivity contribution in [3.63, 3.8) is 0 Å². The van der Waals surface area contributed by atoms with Gasteiger partial charge in [0, 0.05) is 0 Å². The van der Waals surface area contributed by atoms with Crippen molar-refractivity contribution in [1.82, 2.24) is 0 Å². The lowest BCUT2D eigenvalue weighted by atomic mass is 9.78. The van der Waals surface area contributed by atoms with Gasteiger partial charge >= 0.3 is 0 Å². The number of rotatable bonds is 4. The highest BCUT2D eigenvalue weighted by atomic mass is 16.3. The molecule has 0 radical (unpaired) electrons. The average molecular weight is 196 g/mol. The third-order valence-corrected chi connectivity index (χ3v) is 3.28. The molecule has 1 heteroatoms. The Kier molecular flexibility index (Phi) is 4.67. The molecule has 0 heterocycles. The average Bonchev–Trinajstić information content (AvgIpc) is 2.15. The number of aliphatic hydroxyl groups excluding tert-OH is 1. The van der Waals surface area contributed by atoms with Gasteiger partial charge in [-0.15, -0.1) is 0 Å². The SMILES string of the molecule is CCC(CC(C)C)C1C=CC(O)CC1. The molecular formula is C13H24O. The maximum atomic E-state index is 9.38. The minimum Gasteiger partial charge on any atom is -0.389 e. The van der Waals surface area contributed by atoms with E-state index in [1.165, 1.54) is 19.3 Å². The highest BCUT2D eigenvalue weighted by Gasteiger charge is 2.22. The monoisotopic (exact) mass is 196 g/mol. The van der Waals surface area contributed by atoms with E-state index in [2.05, 4.69) is 26.8 Å². The molecule has 14 heavy (non-hydrogen) atoms. The van der Waals surface area contributed by atoms with Crippen molar-refractivity contribution >= 4 is 0 Å². The topological polar surface area (TPSA) is 20.2 Å². The first-order valence-electron chi connectivity index (χ1n) is 5.99. The van der Waals surface area contributed by atoms with Crippen molar-refractivity contribution in [2.45, 2.75) is 52.6 Å². The molecule has 1 nitrogen and oxygen atoms in total. The highest BCUT2D eigenvalue weighted by Crippen LogP contribution is 2.31. The molecule has 1 aliphatic carbocycles. The molecule has 0 aromatic carbocycles. The van der Waals surface area contributed by atoms with E-state index in [0.29, 0.717) is 5.92 Å². The van der Waals surface area contributed by atoms with Crippen LogP contribution >= 0.6 is 0 Å². The van der Waals surface area contributed by atoms with Crippen LogP contribution in [-0.2, 0) is 0 Å². The minimum absolute atomic E-state index is 0.178. The van der Waals surface area contributed by atoms with E-state index < -0.39 is 0 Å². The minimum atomic E-state index is -0.178. The molecule has 0 aromatic rings. The third-order valence-electron chi connectivity index (χ3n) is 3.28. The Balaban J connectivity index is 2.48. The molecule has 0 fully saturated rings. The summed E-state index contributed by atoms with van der Waals surface area (Å²) in [6.07, 6.45) is 8.76. The summed E-state index contributed by atoms with van der Waals surface area (Å²) in [5.41, 5.74) is 0. The second-order valence-corrected chi connectivity index (χ2v) is 4.99. The molecular weight excluding hydrogens is 172 g/mol. The van der Waals surface area contributed by atoms with Crippen molar-refractivity contribution in [2.75, 3.05) is 0 Å². The van der Waals surface area contributed by atoms with Gasteiger partial charge in [-0.1, -0.05) is 39.3 Å². The number of hydrogen-bond acceptors (Lipinski definition) is 1. The van der Waals surface area contributed by atoms with Gasteiger partial charge in [-0.2, -0.15) is 0 Å².